The van der Waals surface area contributed by atoms with E-state index in [1.807, 2.05) is 0 Å². The molecule has 5 heteroatoms. The number of nitrogens with zero attached hydrogens (tertiary/aromatic N) is 1. The zero-order valence-electron chi connectivity index (χ0n) is 8.14. The van der Waals surface area contributed by atoms with Crippen molar-refractivity contribution in [1.82, 2.24) is 5.32 Å². The Labute approximate surface area is 86.9 Å². The molecule has 2 N–H and O–H groups in total. The average Bonchev–Trinajstić information content (AvgIpc) is 2.71. The lowest BCUT2D eigenvalue weighted by Gasteiger charge is -2.08. The molecule has 0 spiro atoms. The van der Waals surface area contributed by atoms with Crippen molar-refractivity contribution in [2.24, 2.45) is 0 Å². The summed E-state index contributed by atoms with van der Waals surface area (Å²) in [5.74, 6) is 0.0546. The van der Waals surface area contributed by atoms with Crippen LogP contribution in [-0.2, 0) is 0 Å². The summed E-state index contributed by atoms with van der Waals surface area (Å²) in [5, 5.41) is 23.1. The molecule has 0 bridgehead atoms. The van der Waals surface area contributed by atoms with Crippen LogP contribution in [0.1, 0.15) is 17.9 Å². The highest BCUT2D eigenvalue weighted by Gasteiger charge is 2.21. The first-order valence-corrected chi connectivity index (χ1v) is 4.86. The number of nitro benzene ring substituents is 1. The Morgan fingerprint density at radius 1 is 1.53 bits per heavy atom. The largest absolute Gasteiger partial charge is 0.502 e. The molecule has 2 rings (SSSR count). The first kappa shape index (κ1) is 9.92. The summed E-state index contributed by atoms with van der Waals surface area (Å²) < 4.78 is 0. The lowest BCUT2D eigenvalue weighted by molar-refractivity contribution is -0.385. The van der Waals surface area contributed by atoms with Gasteiger partial charge in [-0.15, -0.1) is 0 Å². The molecular weight excluding hydrogens is 196 g/mol. The van der Waals surface area contributed by atoms with Gasteiger partial charge in [0.25, 0.3) is 0 Å². The molecule has 1 unspecified atom stereocenters. The molecule has 0 amide bonds. The molecule has 1 aliphatic rings. The van der Waals surface area contributed by atoms with Gasteiger partial charge in [0.05, 0.1) is 4.92 Å². The SMILES string of the molecule is O=[N+]([O-])c1cc(C2CCNC2)ccc1O. The van der Waals surface area contributed by atoms with Crippen molar-refractivity contribution in [3.05, 3.63) is 33.9 Å². The average molecular weight is 208 g/mol. The van der Waals surface area contributed by atoms with Crippen molar-refractivity contribution in [2.75, 3.05) is 13.1 Å². The van der Waals surface area contributed by atoms with Gasteiger partial charge in [-0.25, -0.2) is 0 Å². The van der Waals surface area contributed by atoms with Crippen LogP contribution in [0.2, 0.25) is 0 Å². The molecule has 1 heterocycles. The van der Waals surface area contributed by atoms with Crippen LogP contribution in [0.5, 0.6) is 5.75 Å². The summed E-state index contributed by atoms with van der Waals surface area (Å²) in [6.07, 6.45) is 0.988. The Hall–Kier alpha value is -1.62. The van der Waals surface area contributed by atoms with Crippen molar-refractivity contribution >= 4 is 5.69 Å². The fourth-order valence-electron chi connectivity index (χ4n) is 1.88. The van der Waals surface area contributed by atoms with E-state index in [0.717, 1.165) is 25.1 Å². The number of phenolic OH excluding ortho intramolecular Hbond substituents is 1. The molecule has 15 heavy (non-hydrogen) atoms. The van der Waals surface area contributed by atoms with E-state index in [2.05, 4.69) is 5.32 Å². The first-order valence-electron chi connectivity index (χ1n) is 4.86. The molecule has 0 radical (unpaired) electrons. The summed E-state index contributed by atoms with van der Waals surface area (Å²) in [6, 6.07) is 4.61. The van der Waals surface area contributed by atoms with E-state index < -0.39 is 4.92 Å². The number of hydrogen-bond acceptors (Lipinski definition) is 4. The summed E-state index contributed by atoms with van der Waals surface area (Å²) in [4.78, 5) is 10.1. The van der Waals surface area contributed by atoms with Gasteiger partial charge in [-0.1, -0.05) is 6.07 Å². The second kappa shape index (κ2) is 3.86. The van der Waals surface area contributed by atoms with Gasteiger partial charge in [-0.3, -0.25) is 10.1 Å². The molecule has 0 aromatic heterocycles. The van der Waals surface area contributed by atoms with E-state index in [4.69, 9.17) is 0 Å². The highest BCUT2D eigenvalue weighted by atomic mass is 16.6. The summed E-state index contributed by atoms with van der Waals surface area (Å²) in [5.41, 5.74) is 0.712. The Balaban J connectivity index is 2.33. The van der Waals surface area contributed by atoms with Crippen LogP contribution in [-0.4, -0.2) is 23.1 Å². The van der Waals surface area contributed by atoms with Crippen LogP contribution in [0.4, 0.5) is 5.69 Å². The molecule has 1 fully saturated rings. The van der Waals surface area contributed by atoms with Gasteiger partial charge in [-0.05, 0) is 30.5 Å². The third-order valence-electron chi connectivity index (χ3n) is 2.73. The fraction of sp³-hybridized carbons (Fsp3) is 0.400. The summed E-state index contributed by atoms with van der Waals surface area (Å²) in [7, 11) is 0. The zero-order chi connectivity index (χ0) is 10.8. The van der Waals surface area contributed by atoms with Crippen LogP contribution >= 0.6 is 0 Å². The van der Waals surface area contributed by atoms with Gasteiger partial charge in [-0.2, -0.15) is 0 Å². The van der Waals surface area contributed by atoms with Crippen molar-refractivity contribution in [2.45, 2.75) is 12.3 Å². The van der Waals surface area contributed by atoms with Gasteiger partial charge in [0, 0.05) is 12.6 Å². The smallest absolute Gasteiger partial charge is 0.310 e. The molecule has 1 saturated heterocycles. The lowest BCUT2D eigenvalue weighted by Crippen LogP contribution is -2.08. The summed E-state index contributed by atoms with van der Waals surface area (Å²) in [6.45, 7) is 1.79. The minimum Gasteiger partial charge on any atom is -0.502 e. The Bertz CT molecular complexity index is 386. The van der Waals surface area contributed by atoms with Crippen molar-refractivity contribution < 1.29 is 10.0 Å². The normalized spacial score (nSPS) is 20.4. The van der Waals surface area contributed by atoms with Crippen LogP contribution < -0.4 is 5.32 Å². The fourth-order valence-corrected chi connectivity index (χ4v) is 1.88. The molecule has 0 saturated carbocycles. The first-order chi connectivity index (χ1) is 7.18. The predicted molar refractivity (Wildman–Crippen MR) is 55.0 cm³/mol. The minimum atomic E-state index is -0.554. The monoisotopic (exact) mass is 208 g/mol. The molecule has 0 aliphatic carbocycles. The van der Waals surface area contributed by atoms with E-state index >= 15 is 0 Å². The maximum Gasteiger partial charge on any atom is 0.310 e. The van der Waals surface area contributed by atoms with Crippen molar-refractivity contribution in [1.29, 1.82) is 0 Å². The van der Waals surface area contributed by atoms with Gasteiger partial charge >= 0.3 is 5.69 Å². The molecular formula is C10H12N2O3. The number of benzene rings is 1. The van der Waals surface area contributed by atoms with E-state index in [1.54, 1.807) is 6.07 Å². The van der Waals surface area contributed by atoms with Gasteiger partial charge in [0.15, 0.2) is 5.75 Å². The molecule has 1 aliphatic heterocycles. The maximum atomic E-state index is 10.6. The summed E-state index contributed by atoms with van der Waals surface area (Å²) >= 11 is 0. The van der Waals surface area contributed by atoms with E-state index in [0.29, 0.717) is 5.92 Å². The van der Waals surface area contributed by atoms with E-state index in [-0.39, 0.29) is 11.4 Å². The highest BCUT2D eigenvalue weighted by Crippen LogP contribution is 2.31. The van der Waals surface area contributed by atoms with Crippen molar-refractivity contribution in [3.8, 4) is 5.75 Å². The number of hydrogen-bond donors (Lipinski definition) is 2. The quantitative estimate of drug-likeness (QED) is 0.568. The van der Waals surface area contributed by atoms with Gasteiger partial charge in [0.2, 0.25) is 0 Å². The zero-order valence-corrected chi connectivity index (χ0v) is 8.14. The third kappa shape index (κ3) is 1.92. The van der Waals surface area contributed by atoms with Crippen molar-refractivity contribution in [3.63, 3.8) is 0 Å². The molecule has 5 nitrogen and oxygen atoms in total. The molecule has 1 aromatic carbocycles. The predicted octanol–water partition coefficient (Wildman–Crippen LogP) is 1.38. The topological polar surface area (TPSA) is 75.4 Å². The number of nitrogens with one attached hydrogen (secondary N) is 1. The Morgan fingerprint density at radius 3 is 2.93 bits per heavy atom. The standard InChI is InChI=1S/C10H12N2O3/c13-10-2-1-7(5-9(10)12(14)15)8-3-4-11-6-8/h1-2,5,8,11,13H,3-4,6H2. The van der Waals surface area contributed by atoms with Crippen LogP contribution in [0.3, 0.4) is 0 Å². The Morgan fingerprint density at radius 2 is 2.33 bits per heavy atom. The number of nitro groups is 1. The number of rotatable bonds is 2. The lowest BCUT2D eigenvalue weighted by atomic mass is 9.98. The van der Waals surface area contributed by atoms with E-state index in [1.165, 1.54) is 12.1 Å². The van der Waals surface area contributed by atoms with Crippen LogP contribution in [0.15, 0.2) is 18.2 Å². The maximum absolute atomic E-state index is 10.6. The molecule has 1 aromatic rings. The molecule has 1 atom stereocenters. The molecule has 80 valence electrons. The van der Waals surface area contributed by atoms with Gasteiger partial charge < -0.3 is 10.4 Å². The number of phenols is 1. The second-order valence-corrected chi connectivity index (χ2v) is 3.69. The highest BCUT2D eigenvalue weighted by molar-refractivity contribution is 5.48. The van der Waals surface area contributed by atoms with E-state index in [9.17, 15) is 15.2 Å². The minimum absolute atomic E-state index is 0.209. The third-order valence-corrected chi connectivity index (χ3v) is 2.73. The number of aromatic hydroxyl groups is 1. The second-order valence-electron chi connectivity index (χ2n) is 3.69. The van der Waals surface area contributed by atoms with Crippen LogP contribution in [0.25, 0.3) is 0 Å². The van der Waals surface area contributed by atoms with Gasteiger partial charge in [0.1, 0.15) is 0 Å². The van der Waals surface area contributed by atoms with Crippen LogP contribution in [0, 0.1) is 10.1 Å². The Kier molecular flexibility index (Phi) is 2.55.